The van der Waals surface area contributed by atoms with Gasteiger partial charge in [-0.3, -0.25) is 9.59 Å². The van der Waals surface area contributed by atoms with Gasteiger partial charge in [0.25, 0.3) is 5.56 Å². The van der Waals surface area contributed by atoms with Gasteiger partial charge in [0.1, 0.15) is 13.1 Å². The number of nitrogens with zero attached hydrogens (tertiary/aromatic N) is 1. The third kappa shape index (κ3) is 5.55. The summed E-state index contributed by atoms with van der Waals surface area (Å²) in [6.07, 6.45) is 0.910. The maximum Gasteiger partial charge on any atom is 0.259 e. The van der Waals surface area contributed by atoms with Crippen molar-refractivity contribution in [2.75, 3.05) is 19.6 Å². The van der Waals surface area contributed by atoms with Crippen LogP contribution in [0.4, 0.5) is 0 Å². The minimum Gasteiger partial charge on any atom is -0.354 e. The molecule has 0 aliphatic heterocycles. The molecule has 2 N–H and O–H groups in total. The minimum absolute atomic E-state index is 0.0594. The molecule has 5 heteroatoms. The van der Waals surface area contributed by atoms with Crippen LogP contribution in [0.1, 0.15) is 24.6 Å². The van der Waals surface area contributed by atoms with Crippen LogP contribution in [0, 0.1) is 6.92 Å². The number of quaternary nitrogens is 1. The largest absolute Gasteiger partial charge is 0.354 e. The van der Waals surface area contributed by atoms with Crippen LogP contribution in [-0.2, 0) is 17.9 Å². The van der Waals surface area contributed by atoms with Gasteiger partial charge in [-0.05, 0) is 31.4 Å². The van der Waals surface area contributed by atoms with Crippen molar-refractivity contribution in [3.63, 3.8) is 0 Å². The van der Waals surface area contributed by atoms with E-state index >= 15 is 0 Å². The van der Waals surface area contributed by atoms with Crippen molar-refractivity contribution in [2.24, 2.45) is 0 Å². The van der Waals surface area contributed by atoms with Gasteiger partial charge in [0.05, 0.1) is 13.1 Å². The molecule has 0 radical (unpaired) electrons. The lowest BCUT2D eigenvalue weighted by molar-refractivity contribution is -0.912. The summed E-state index contributed by atoms with van der Waals surface area (Å²) in [7, 11) is 0. The molecular formula is C24H30N3O2+. The third-order valence-corrected chi connectivity index (χ3v) is 5.35. The fraction of sp³-hybridized carbons (Fsp3) is 0.333. The van der Waals surface area contributed by atoms with Crippen molar-refractivity contribution >= 4 is 16.7 Å². The lowest BCUT2D eigenvalue weighted by Gasteiger charge is -2.18. The van der Waals surface area contributed by atoms with Crippen molar-refractivity contribution in [3.05, 3.63) is 82.3 Å². The van der Waals surface area contributed by atoms with E-state index in [0.717, 1.165) is 37.1 Å². The maximum absolute atomic E-state index is 12.7. The lowest BCUT2D eigenvalue weighted by atomic mass is 10.1. The molecule has 0 aliphatic carbocycles. The number of pyridine rings is 1. The number of carbonyl (C=O) groups is 1. The summed E-state index contributed by atoms with van der Waals surface area (Å²) >= 11 is 0. The zero-order chi connectivity index (χ0) is 20.6. The predicted octanol–water partition coefficient (Wildman–Crippen LogP) is 1.92. The van der Waals surface area contributed by atoms with Gasteiger partial charge < -0.3 is 14.8 Å². The molecule has 1 atom stereocenters. The Balaban J connectivity index is 1.50. The monoisotopic (exact) mass is 392 g/mol. The highest BCUT2D eigenvalue weighted by Gasteiger charge is 2.11. The molecule has 1 amide bonds. The first-order chi connectivity index (χ1) is 14.1. The Morgan fingerprint density at radius 1 is 1.07 bits per heavy atom. The standard InChI is InChI=1S/C24H29N3O2/c1-3-26(17-20-10-5-4-6-11-20)15-9-14-25-23(28)18-27-19(2)16-21-12-7-8-13-22(21)24(27)29/h4-8,10-13,16H,3,9,14-15,17-18H2,1-2H3,(H,25,28)/p+1. The number of amides is 1. The van der Waals surface area contributed by atoms with E-state index in [-0.39, 0.29) is 18.0 Å². The number of benzene rings is 2. The fourth-order valence-electron chi connectivity index (χ4n) is 3.66. The number of nitrogens with one attached hydrogen (secondary N) is 2. The maximum atomic E-state index is 12.7. The number of aromatic nitrogens is 1. The van der Waals surface area contributed by atoms with Crippen molar-refractivity contribution in [1.29, 1.82) is 0 Å². The Morgan fingerprint density at radius 2 is 1.79 bits per heavy atom. The van der Waals surface area contributed by atoms with Crippen molar-refractivity contribution in [3.8, 4) is 0 Å². The normalized spacial score (nSPS) is 12.1. The SMILES string of the molecule is CC[NH+](CCCNC(=O)Cn1c(C)cc2ccccc2c1=O)Cc1ccccc1. The topological polar surface area (TPSA) is 55.5 Å². The molecule has 0 saturated carbocycles. The first-order valence-corrected chi connectivity index (χ1v) is 10.3. The highest BCUT2D eigenvalue weighted by Crippen LogP contribution is 2.11. The van der Waals surface area contributed by atoms with E-state index in [1.165, 1.54) is 10.5 Å². The van der Waals surface area contributed by atoms with Gasteiger partial charge in [0, 0.05) is 29.6 Å². The third-order valence-electron chi connectivity index (χ3n) is 5.35. The van der Waals surface area contributed by atoms with E-state index in [0.29, 0.717) is 11.9 Å². The Morgan fingerprint density at radius 3 is 2.55 bits per heavy atom. The molecule has 0 fully saturated rings. The molecule has 152 valence electrons. The quantitative estimate of drug-likeness (QED) is 0.547. The second-order valence-electron chi connectivity index (χ2n) is 7.48. The van der Waals surface area contributed by atoms with Crippen molar-refractivity contribution in [2.45, 2.75) is 33.4 Å². The first kappa shape index (κ1) is 20.8. The summed E-state index contributed by atoms with van der Waals surface area (Å²) in [5.41, 5.74) is 2.02. The molecule has 2 aromatic carbocycles. The van der Waals surface area contributed by atoms with E-state index in [9.17, 15) is 9.59 Å². The highest BCUT2D eigenvalue weighted by molar-refractivity contribution is 5.82. The molecule has 1 unspecified atom stereocenters. The van der Waals surface area contributed by atoms with E-state index in [1.807, 2.05) is 37.3 Å². The van der Waals surface area contributed by atoms with Crippen LogP contribution >= 0.6 is 0 Å². The fourth-order valence-corrected chi connectivity index (χ4v) is 3.66. The number of hydrogen-bond donors (Lipinski definition) is 2. The van der Waals surface area contributed by atoms with Crippen LogP contribution in [0.5, 0.6) is 0 Å². The molecular weight excluding hydrogens is 362 g/mol. The molecule has 1 heterocycles. The van der Waals surface area contributed by atoms with Gasteiger partial charge in [0.2, 0.25) is 5.91 Å². The number of carbonyl (C=O) groups excluding carboxylic acids is 1. The second kappa shape index (κ2) is 10.0. The van der Waals surface area contributed by atoms with Crippen LogP contribution in [0.25, 0.3) is 10.8 Å². The Labute approximate surface area is 172 Å². The van der Waals surface area contributed by atoms with Crippen molar-refractivity contribution < 1.29 is 9.69 Å². The second-order valence-corrected chi connectivity index (χ2v) is 7.48. The Bertz CT molecular complexity index is 1010. The summed E-state index contributed by atoms with van der Waals surface area (Å²) in [4.78, 5) is 26.6. The van der Waals surface area contributed by atoms with E-state index in [4.69, 9.17) is 0 Å². The van der Waals surface area contributed by atoms with Crippen LogP contribution in [0.3, 0.4) is 0 Å². The number of rotatable bonds is 9. The molecule has 1 aromatic heterocycles. The van der Waals surface area contributed by atoms with Gasteiger partial charge in [-0.15, -0.1) is 0 Å². The lowest BCUT2D eigenvalue weighted by Crippen LogP contribution is -3.10. The number of aryl methyl sites for hydroxylation is 1. The van der Waals surface area contributed by atoms with Crippen LogP contribution in [0.15, 0.2) is 65.5 Å². The molecule has 0 aliphatic rings. The average Bonchev–Trinajstić information content (AvgIpc) is 2.74. The summed E-state index contributed by atoms with van der Waals surface area (Å²) in [5.74, 6) is -0.119. The summed E-state index contributed by atoms with van der Waals surface area (Å²) in [6, 6.07) is 19.9. The van der Waals surface area contributed by atoms with E-state index in [2.05, 4.69) is 36.5 Å². The van der Waals surface area contributed by atoms with Gasteiger partial charge >= 0.3 is 0 Å². The average molecular weight is 393 g/mol. The molecule has 29 heavy (non-hydrogen) atoms. The van der Waals surface area contributed by atoms with E-state index in [1.54, 1.807) is 10.6 Å². The molecule has 0 spiro atoms. The summed E-state index contributed by atoms with van der Waals surface area (Å²) in [5, 5.41) is 4.52. The zero-order valence-corrected chi connectivity index (χ0v) is 17.3. The van der Waals surface area contributed by atoms with Gasteiger partial charge in [0.15, 0.2) is 0 Å². The minimum atomic E-state index is -0.119. The van der Waals surface area contributed by atoms with Crippen LogP contribution < -0.4 is 15.8 Å². The predicted molar refractivity (Wildman–Crippen MR) is 117 cm³/mol. The number of hydrogen-bond acceptors (Lipinski definition) is 2. The molecule has 0 bridgehead atoms. The van der Waals surface area contributed by atoms with Crippen molar-refractivity contribution in [1.82, 2.24) is 9.88 Å². The molecule has 0 saturated heterocycles. The first-order valence-electron chi connectivity index (χ1n) is 10.3. The summed E-state index contributed by atoms with van der Waals surface area (Å²) in [6.45, 7) is 7.79. The summed E-state index contributed by atoms with van der Waals surface area (Å²) < 4.78 is 1.55. The van der Waals surface area contributed by atoms with Gasteiger partial charge in [-0.25, -0.2) is 0 Å². The van der Waals surface area contributed by atoms with Gasteiger partial charge in [-0.2, -0.15) is 0 Å². The number of fused-ring (bicyclic) bond motifs is 1. The van der Waals surface area contributed by atoms with Gasteiger partial charge in [-0.1, -0.05) is 48.5 Å². The van der Waals surface area contributed by atoms with Crippen LogP contribution in [0.2, 0.25) is 0 Å². The molecule has 3 aromatic rings. The van der Waals surface area contributed by atoms with Crippen LogP contribution in [-0.4, -0.2) is 30.1 Å². The molecule has 3 rings (SSSR count). The molecule has 5 nitrogen and oxygen atoms in total. The smallest absolute Gasteiger partial charge is 0.259 e. The zero-order valence-electron chi connectivity index (χ0n) is 17.3. The highest BCUT2D eigenvalue weighted by atomic mass is 16.2. The Kier molecular flexibility index (Phi) is 7.19. The van der Waals surface area contributed by atoms with E-state index < -0.39 is 0 Å². The Hall–Kier alpha value is -2.92.